The Bertz CT molecular complexity index is 568. The lowest BCUT2D eigenvalue weighted by Crippen LogP contribution is -2.30. The summed E-state index contributed by atoms with van der Waals surface area (Å²) in [7, 11) is 1.71. The molecule has 2 rings (SSSR count). The van der Waals surface area contributed by atoms with Crippen LogP contribution in [-0.4, -0.2) is 50.5 Å². The number of hydrogen-bond donors (Lipinski definition) is 3. The van der Waals surface area contributed by atoms with E-state index in [1.165, 1.54) is 0 Å². The summed E-state index contributed by atoms with van der Waals surface area (Å²) >= 11 is 0. The quantitative estimate of drug-likeness (QED) is 0.661. The number of hydrogen-bond acceptors (Lipinski definition) is 7. The standard InChI is InChI=1S/C11H16N8O/c1-3-14-8(20)6-15-10-16-9(12-2)17-11(18-10)19-5-4-13-7-19/h4-5,7H,3,6H2,1-2H3,(H,14,20)(H2,12,15,16,17,18). The Morgan fingerprint density at radius 2 is 2.10 bits per heavy atom. The van der Waals surface area contributed by atoms with Crippen molar-refractivity contribution < 1.29 is 4.79 Å². The number of rotatable bonds is 6. The van der Waals surface area contributed by atoms with Crippen LogP contribution in [0.3, 0.4) is 0 Å². The van der Waals surface area contributed by atoms with Gasteiger partial charge < -0.3 is 16.0 Å². The number of anilines is 2. The number of likely N-dealkylation sites (N-methyl/N-ethyl adjacent to an activating group) is 1. The molecular formula is C11H16N8O. The van der Waals surface area contributed by atoms with Gasteiger partial charge in [-0.25, -0.2) is 4.98 Å². The highest BCUT2D eigenvalue weighted by Crippen LogP contribution is 2.08. The average molecular weight is 276 g/mol. The van der Waals surface area contributed by atoms with E-state index < -0.39 is 0 Å². The number of nitrogens with one attached hydrogen (secondary N) is 3. The minimum absolute atomic E-state index is 0.102. The van der Waals surface area contributed by atoms with Crippen LogP contribution in [-0.2, 0) is 4.79 Å². The lowest BCUT2D eigenvalue weighted by Gasteiger charge is -2.08. The van der Waals surface area contributed by atoms with Gasteiger partial charge in [-0.2, -0.15) is 15.0 Å². The molecule has 0 aromatic carbocycles. The molecule has 0 bridgehead atoms. The van der Waals surface area contributed by atoms with E-state index in [1.807, 2.05) is 6.92 Å². The highest BCUT2D eigenvalue weighted by atomic mass is 16.1. The molecule has 20 heavy (non-hydrogen) atoms. The molecule has 2 aromatic rings. The molecule has 0 spiro atoms. The molecule has 0 atom stereocenters. The summed E-state index contributed by atoms with van der Waals surface area (Å²) in [5.74, 6) is 1.02. The second-order valence-electron chi connectivity index (χ2n) is 3.81. The van der Waals surface area contributed by atoms with Gasteiger partial charge in [-0.1, -0.05) is 0 Å². The van der Waals surface area contributed by atoms with Crippen LogP contribution in [0.5, 0.6) is 0 Å². The van der Waals surface area contributed by atoms with Crippen molar-refractivity contribution >= 4 is 17.8 Å². The van der Waals surface area contributed by atoms with Crippen LogP contribution in [0.2, 0.25) is 0 Å². The van der Waals surface area contributed by atoms with E-state index in [0.29, 0.717) is 24.4 Å². The average Bonchev–Trinajstić information content (AvgIpc) is 2.99. The Hall–Kier alpha value is -2.71. The fourth-order valence-corrected chi connectivity index (χ4v) is 1.47. The molecule has 2 heterocycles. The molecule has 1 amide bonds. The molecule has 0 saturated carbocycles. The molecule has 106 valence electrons. The van der Waals surface area contributed by atoms with Gasteiger partial charge in [-0.05, 0) is 6.92 Å². The first-order valence-corrected chi connectivity index (χ1v) is 6.15. The van der Waals surface area contributed by atoms with Crippen LogP contribution in [0.25, 0.3) is 5.95 Å². The van der Waals surface area contributed by atoms with Gasteiger partial charge in [0, 0.05) is 26.0 Å². The molecule has 0 aliphatic heterocycles. The van der Waals surface area contributed by atoms with Crippen LogP contribution >= 0.6 is 0 Å². The predicted molar refractivity (Wildman–Crippen MR) is 73.7 cm³/mol. The van der Waals surface area contributed by atoms with Crippen molar-refractivity contribution in [2.75, 3.05) is 30.8 Å². The Labute approximate surface area is 115 Å². The van der Waals surface area contributed by atoms with Crippen LogP contribution in [0.4, 0.5) is 11.9 Å². The van der Waals surface area contributed by atoms with Crippen molar-refractivity contribution in [2.24, 2.45) is 0 Å². The summed E-state index contributed by atoms with van der Waals surface area (Å²) in [6, 6.07) is 0. The first-order valence-electron chi connectivity index (χ1n) is 6.15. The van der Waals surface area contributed by atoms with Crippen LogP contribution < -0.4 is 16.0 Å². The molecule has 0 saturated heterocycles. The number of imidazole rings is 1. The maximum Gasteiger partial charge on any atom is 0.241 e. The van der Waals surface area contributed by atoms with Crippen LogP contribution in [0, 0.1) is 0 Å². The minimum atomic E-state index is -0.122. The fraction of sp³-hybridized carbons (Fsp3) is 0.364. The zero-order valence-corrected chi connectivity index (χ0v) is 11.3. The Morgan fingerprint density at radius 3 is 2.75 bits per heavy atom. The van der Waals surface area contributed by atoms with Crippen molar-refractivity contribution in [3.8, 4) is 5.95 Å². The highest BCUT2D eigenvalue weighted by Gasteiger charge is 2.08. The maximum atomic E-state index is 11.4. The fourth-order valence-electron chi connectivity index (χ4n) is 1.47. The topological polar surface area (TPSA) is 110 Å². The lowest BCUT2D eigenvalue weighted by molar-refractivity contribution is -0.119. The molecule has 9 nitrogen and oxygen atoms in total. The second-order valence-corrected chi connectivity index (χ2v) is 3.81. The maximum absolute atomic E-state index is 11.4. The molecule has 0 aliphatic rings. The zero-order chi connectivity index (χ0) is 14.4. The largest absolute Gasteiger partial charge is 0.357 e. The van der Waals surface area contributed by atoms with Gasteiger partial charge in [-0.3, -0.25) is 9.36 Å². The van der Waals surface area contributed by atoms with E-state index in [-0.39, 0.29) is 12.5 Å². The molecule has 2 aromatic heterocycles. The van der Waals surface area contributed by atoms with Gasteiger partial charge in [0.05, 0.1) is 6.54 Å². The van der Waals surface area contributed by atoms with Gasteiger partial charge >= 0.3 is 0 Å². The van der Waals surface area contributed by atoms with Gasteiger partial charge in [-0.15, -0.1) is 0 Å². The van der Waals surface area contributed by atoms with Crippen molar-refractivity contribution in [2.45, 2.75) is 6.92 Å². The van der Waals surface area contributed by atoms with E-state index in [0.717, 1.165) is 0 Å². The minimum Gasteiger partial charge on any atom is -0.357 e. The highest BCUT2D eigenvalue weighted by molar-refractivity contribution is 5.80. The molecule has 0 fully saturated rings. The smallest absolute Gasteiger partial charge is 0.241 e. The molecule has 3 N–H and O–H groups in total. The monoisotopic (exact) mass is 276 g/mol. The van der Waals surface area contributed by atoms with E-state index in [9.17, 15) is 4.79 Å². The zero-order valence-electron chi connectivity index (χ0n) is 11.3. The predicted octanol–water partition coefficient (Wildman–Crippen LogP) is -0.353. The Kier molecular flexibility index (Phi) is 4.43. The normalized spacial score (nSPS) is 10.1. The van der Waals surface area contributed by atoms with E-state index in [2.05, 4.69) is 35.9 Å². The molecule has 9 heteroatoms. The summed E-state index contributed by atoms with van der Waals surface area (Å²) in [6.07, 6.45) is 4.94. The van der Waals surface area contributed by atoms with Crippen molar-refractivity contribution in [1.82, 2.24) is 29.8 Å². The van der Waals surface area contributed by atoms with Gasteiger partial charge in [0.25, 0.3) is 0 Å². The van der Waals surface area contributed by atoms with Crippen molar-refractivity contribution in [1.29, 1.82) is 0 Å². The summed E-state index contributed by atoms with van der Waals surface area (Å²) in [4.78, 5) is 27.9. The van der Waals surface area contributed by atoms with E-state index in [1.54, 1.807) is 30.3 Å². The third-order valence-electron chi connectivity index (χ3n) is 2.36. The van der Waals surface area contributed by atoms with E-state index in [4.69, 9.17) is 0 Å². The van der Waals surface area contributed by atoms with Crippen LogP contribution in [0.15, 0.2) is 18.7 Å². The van der Waals surface area contributed by atoms with Crippen molar-refractivity contribution in [3.63, 3.8) is 0 Å². The summed E-state index contributed by atoms with van der Waals surface area (Å²) < 4.78 is 1.65. The number of carbonyl (C=O) groups excluding carboxylic acids is 1. The van der Waals surface area contributed by atoms with Gasteiger partial charge in [0.2, 0.25) is 23.8 Å². The number of nitrogens with zero attached hydrogens (tertiary/aromatic N) is 5. The second kappa shape index (κ2) is 6.45. The third-order valence-corrected chi connectivity index (χ3v) is 2.36. The first-order chi connectivity index (χ1) is 9.72. The SMILES string of the molecule is CCNC(=O)CNc1nc(NC)nc(-n2ccnc2)n1. The number of carbonyl (C=O) groups is 1. The third kappa shape index (κ3) is 3.40. The first kappa shape index (κ1) is 13.7. The summed E-state index contributed by atoms with van der Waals surface area (Å²) in [5.41, 5.74) is 0. The molecule has 0 aliphatic carbocycles. The Balaban J connectivity index is 2.16. The number of amides is 1. The van der Waals surface area contributed by atoms with Crippen molar-refractivity contribution in [3.05, 3.63) is 18.7 Å². The summed E-state index contributed by atoms with van der Waals surface area (Å²) in [6.45, 7) is 2.54. The van der Waals surface area contributed by atoms with Crippen LogP contribution in [0.1, 0.15) is 6.92 Å². The van der Waals surface area contributed by atoms with E-state index >= 15 is 0 Å². The molecule has 0 unspecified atom stereocenters. The van der Waals surface area contributed by atoms with Gasteiger partial charge in [0.1, 0.15) is 6.33 Å². The lowest BCUT2D eigenvalue weighted by atomic mass is 10.5. The van der Waals surface area contributed by atoms with Gasteiger partial charge in [0.15, 0.2) is 0 Å². The molecule has 0 radical (unpaired) electrons. The Morgan fingerprint density at radius 1 is 1.30 bits per heavy atom. The summed E-state index contributed by atoms with van der Waals surface area (Å²) in [5, 5.41) is 8.39. The number of aromatic nitrogens is 5. The molecular weight excluding hydrogens is 260 g/mol.